The second kappa shape index (κ2) is 4.20. The Kier molecular flexibility index (Phi) is 3.40. The fourth-order valence-corrected chi connectivity index (χ4v) is 2.09. The molecule has 1 aliphatic heterocycles. The third-order valence-electron chi connectivity index (χ3n) is 3.41. The Labute approximate surface area is 86.4 Å². The van der Waals surface area contributed by atoms with E-state index in [4.69, 9.17) is 4.74 Å². The number of likely N-dealkylation sites (tertiary alicyclic amines) is 1. The molecule has 0 aromatic heterocycles. The second-order valence-electron chi connectivity index (χ2n) is 4.47. The summed E-state index contributed by atoms with van der Waals surface area (Å²) < 4.78 is 5.06. The van der Waals surface area contributed by atoms with Crippen LogP contribution in [0.25, 0.3) is 0 Å². The largest absolute Gasteiger partial charge is 0.450 e. The number of hydrogen-bond acceptors (Lipinski definition) is 2. The van der Waals surface area contributed by atoms with Crippen LogP contribution in [0.15, 0.2) is 0 Å². The zero-order chi connectivity index (χ0) is 10.8. The molecule has 1 rings (SSSR count). The van der Waals surface area contributed by atoms with Crippen LogP contribution in [-0.4, -0.2) is 29.7 Å². The van der Waals surface area contributed by atoms with Gasteiger partial charge in [-0.1, -0.05) is 13.8 Å². The number of ether oxygens (including phenoxy) is 1. The van der Waals surface area contributed by atoms with E-state index in [1.54, 1.807) is 0 Å². The Morgan fingerprint density at radius 1 is 1.57 bits per heavy atom. The minimum Gasteiger partial charge on any atom is -0.450 e. The van der Waals surface area contributed by atoms with Gasteiger partial charge >= 0.3 is 6.09 Å². The van der Waals surface area contributed by atoms with Gasteiger partial charge in [-0.2, -0.15) is 0 Å². The maximum atomic E-state index is 11.7. The maximum Gasteiger partial charge on any atom is 0.410 e. The molecule has 14 heavy (non-hydrogen) atoms. The summed E-state index contributed by atoms with van der Waals surface area (Å²) in [7, 11) is 0. The standard InChI is InChI=1S/C11H21NO2/c1-5-14-10(13)12-8-6-7-11(12,4)9(2)3/h9H,5-8H2,1-4H3. The van der Waals surface area contributed by atoms with Crippen LogP contribution in [0.2, 0.25) is 0 Å². The molecule has 0 bridgehead atoms. The van der Waals surface area contributed by atoms with Crippen LogP contribution in [0.3, 0.4) is 0 Å². The zero-order valence-corrected chi connectivity index (χ0v) is 9.67. The Balaban J connectivity index is 2.72. The number of rotatable bonds is 2. The molecule has 1 heterocycles. The molecule has 0 aliphatic carbocycles. The van der Waals surface area contributed by atoms with Gasteiger partial charge in [0.1, 0.15) is 0 Å². The van der Waals surface area contributed by atoms with Gasteiger partial charge in [0, 0.05) is 12.1 Å². The van der Waals surface area contributed by atoms with Crippen molar-refractivity contribution in [1.82, 2.24) is 4.90 Å². The molecule has 1 saturated heterocycles. The van der Waals surface area contributed by atoms with Crippen LogP contribution in [0.1, 0.15) is 40.5 Å². The van der Waals surface area contributed by atoms with Gasteiger partial charge in [-0.15, -0.1) is 0 Å². The molecule has 3 nitrogen and oxygen atoms in total. The quantitative estimate of drug-likeness (QED) is 0.684. The van der Waals surface area contributed by atoms with Crippen molar-refractivity contribution in [2.45, 2.75) is 46.1 Å². The van der Waals surface area contributed by atoms with Gasteiger partial charge in [-0.25, -0.2) is 4.79 Å². The molecule has 0 radical (unpaired) electrons. The van der Waals surface area contributed by atoms with E-state index in [-0.39, 0.29) is 11.6 Å². The summed E-state index contributed by atoms with van der Waals surface area (Å²) in [5, 5.41) is 0. The zero-order valence-electron chi connectivity index (χ0n) is 9.67. The monoisotopic (exact) mass is 199 g/mol. The first-order valence-electron chi connectivity index (χ1n) is 5.46. The predicted molar refractivity (Wildman–Crippen MR) is 56.2 cm³/mol. The first-order chi connectivity index (χ1) is 6.52. The number of hydrogen-bond donors (Lipinski definition) is 0. The van der Waals surface area contributed by atoms with Gasteiger partial charge in [0.2, 0.25) is 0 Å². The molecule has 1 unspecified atom stereocenters. The van der Waals surface area contributed by atoms with Crippen molar-refractivity contribution in [2.75, 3.05) is 13.2 Å². The highest BCUT2D eigenvalue weighted by atomic mass is 16.6. The van der Waals surface area contributed by atoms with Crippen LogP contribution in [0, 0.1) is 5.92 Å². The number of nitrogens with zero attached hydrogens (tertiary/aromatic N) is 1. The molecule has 1 fully saturated rings. The molecular formula is C11H21NO2. The first kappa shape index (κ1) is 11.3. The van der Waals surface area contributed by atoms with Gasteiger partial charge in [-0.05, 0) is 32.6 Å². The summed E-state index contributed by atoms with van der Waals surface area (Å²) in [5.41, 5.74) is -0.00769. The third kappa shape index (κ3) is 1.86. The Morgan fingerprint density at radius 3 is 2.71 bits per heavy atom. The molecule has 1 aliphatic rings. The molecule has 1 atom stereocenters. The SMILES string of the molecule is CCOC(=O)N1CCCC1(C)C(C)C. The second-order valence-corrected chi connectivity index (χ2v) is 4.47. The van der Waals surface area contributed by atoms with Crippen LogP contribution in [0.4, 0.5) is 4.79 Å². The average Bonchev–Trinajstić information content (AvgIpc) is 2.49. The minimum atomic E-state index is -0.152. The molecule has 0 spiro atoms. The molecule has 3 heteroatoms. The minimum absolute atomic E-state index is 0.00769. The Bertz CT molecular complexity index is 215. The van der Waals surface area contributed by atoms with E-state index < -0.39 is 0 Å². The number of carbonyl (C=O) groups excluding carboxylic acids is 1. The van der Waals surface area contributed by atoms with Crippen molar-refractivity contribution in [2.24, 2.45) is 5.92 Å². The fourth-order valence-electron chi connectivity index (χ4n) is 2.09. The molecule has 0 N–H and O–H groups in total. The Morgan fingerprint density at radius 2 is 2.21 bits per heavy atom. The van der Waals surface area contributed by atoms with E-state index in [9.17, 15) is 4.79 Å². The van der Waals surface area contributed by atoms with Crippen LogP contribution < -0.4 is 0 Å². The highest BCUT2D eigenvalue weighted by Gasteiger charge is 2.42. The number of amides is 1. The van der Waals surface area contributed by atoms with Gasteiger partial charge < -0.3 is 9.64 Å². The van der Waals surface area contributed by atoms with Crippen LogP contribution in [-0.2, 0) is 4.74 Å². The van der Waals surface area contributed by atoms with E-state index in [0.717, 1.165) is 19.4 Å². The van der Waals surface area contributed by atoms with Gasteiger partial charge in [-0.3, -0.25) is 0 Å². The normalized spacial score (nSPS) is 27.1. The average molecular weight is 199 g/mol. The van der Waals surface area contributed by atoms with Crippen molar-refractivity contribution < 1.29 is 9.53 Å². The molecule has 1 amide bonds. The molecule has 0 aromatic carbocycles. The fraction of sp³-hybridized carbons (Fsp3) is 0.909. The van der Waals surface area contributed by atoms with Gasteiger partial charge in [0.25, 0.3) is 0 Å². The van der Waals surface area contributed by atoms with Crippen molar-refractivity contribution >= 4 is 6.09 Å². The predicted octanol–water partition coefficient (Wildman–Crippen LogP) is 2.65. The van der Waals surface area contributed by atoms with E-state index in [1.165, 1.54) is 0 Å². The lowest BCUT2D eigenvalue weighted by Gasteiger charge is -2.37. The highest BCUT2D eigenvalue weighted by molar-refractivity contribution is 5.69. The lowest BCUT2D eigenvalue weighted by atomic mass is 9.86. The maximum absolute atomic E-state index is 11.7. The van der Waals surface area contributed by atoms with Gasteiger partial charge in [0.05, 0.1) is 6.61 Å². The van der Waals surface area contributed by atoms with E-state index in [2.05, 4.69) is 20.8 Å². The Hall–Kier alpha value is -0.730. The molecule has 0 aromatic rings. The van der Waals surface area contributed by atoms with Crippen molar-refractivity contribution in [3.8, 4) is 0 Å². The van der Waals surface area contributed by atoms with E-state index >= 15 is 0 Å². The number of carbonyl (C=O) groups is 1. The molecule has 0 saturated carbocycles. The summed E-state index contributed by atoms with van der Waals surface area (Å²) in [5.74, 6) is 0.481. The summed E-state index contributed by atoms with van der Waals surface area (Å²) in [6.45, 7) is 9.63. The lowest BCUT2D eigenvalue weighted by Crippen LogP contribution is -2.48. The van der Waals surface area contributed by atoms with E-state index in [1.807, 2.05) is 11.8 Å². The first-order valence-corrected chi connectivity index (χ1v) is 5.46. The van der Waals surface area contributed by atoms with E-state index in [0.29, 0.717) is 12.5 Å². The summed E-state index contributed by atoms with van der Waals surface area (Å²) in [4.78, 5) is 13.6. The molecular weight excluding hydrogens is 178 g/mol. The molecule has 82 valence electrons. The van der Waals surface area contributed by atoms with Crippen molar-refractivity contribution in [1.29, 1.82) is 0 Å². The third-order valence-corrected chi connectivity index (χ3v) is 3.41. The van der Waals surface area contributed by atoms with Gasteiger partial charge in [0.15, 0.2) is 0 Å². The van der Waals surface area contributed by atoms with Crippen LogP contribution >= 0.6 is 0 Å². The summed E-state index contributed by atoms with van der Waals surface area (Å²) >= 11 is 0. The van der Waals surface area contributed by atoms with Crippen molar-refractivity contribution in [3.05, 3.63) is 0 Å². The summed E-state index contributed by atoms with van der Waals surface area (Å²) in [6.07, 6.45) is 2.03. The lowest BCUT2D eigenvalue weighted by molar-refractivity contribution is 0.0614. The highest BCUT2D eigenvalue weighted by Crippen LogP contribution is 2.35. The smallest absolute Gasteiger partial charge is 0.410 e. The van der Waals surface area contributed by atoms with Crippen LogP contribution in [0.5, 0.6) is 0 Å². The topological polar surface area (TPSA) is 29.5 Å². The van der Waals surface area contributed by atoms with Crippen molar-refractivity contribution in [3.63, 3.8) is 0 Å². The summed E-state index contributed by atoms with van der Waals surface area (Å²) in [6, 6.07) is 0.